The van der Waals surface area contributed by atoms with Crippen molar-refractivity contribution in [2.45, 2.75) is 142 Å². The lowest BCUT2D eigenvalue weighted by Crippen LogP contribution is -2.01. The highest BCUT2D eigenvalue weighted by molar-refractivity contribution is 4.81. The lowest BCUT2D eigenvalue weighted by Gasteiger charge is -2.16. The maximum Gasteiger partial charge on any atom is -0.00773 e. The summed E-state index contributed by atoms with van der Waals surface area (Å²) in [5.41, 5.74) is 5.52. The Morgan fingerprint density at radius 1 is 0.519 bits per heavy atom. The third kappa shape index (κ3) is 21.9. The van der Waals surface area contributed by atoms with Crippen molar-refractivity contribution in [3.8, 4) is 0 Å². The number of unbranched alkanes of at least 4 members (excludes halogenated alkanes) is 13. The van der Waals surface area contributed by atoms with Crippen LogP contribution in [-0.4, -0.2) is 6.54 Å². The fourth-order valence-corrected chi connectivity index (χ4v) is 3.99. The van der Waals surface area contributed by atoms with Crippen LogP contribution >= 0.6 is 0 Å². The van der Waals surface area contributed by atoms with Crippen LogP contribution in [0.1, 0.15) is 142 Å². The summed E-state index contributed by atoms with van der Waals surface area (Å²) < 4.78 is 0. The minimum absolute atomic E-state index is 0.862. The van der Waals surface area contributed by atoms with E-state index in [0.717, 1.165) is 12.5 Å². The molecule has 0 rings (SSSR count). The molecule has 0 aromatic carbocycles. The van der Waals surface area contributed by atoms with Gasteiger partial charge < -0.3 is 5.73 Å². The van der Waals surface area contributed by atoms with Gasteiger partial charge in [0.25, 0.3) is 0 Å². The van der Waals surface area contributed by atoms with Gasteiger partial charge in [0.2, 0.25) is 0 Å². The van der Waals surface area contributed by atoms with Gasteiger partial charge in [0.1, 0.15) is 0 Å². The second kappa shape index (κ2) is 23.7. The predicted molar refractivity (Wildman–Crippen MR) is 125 cm³/mol. The van der Waals surface area contributed by atoms with E-state index in [1.807, 2.05) is 0 Å². The van der Waals surface area contributed by atoms with Crippen molar-refractivity contribution in [1.29, 1.82) is 0 Å². The van der Waals surface area contributed by atoms with Crippen LogP contribution in [0.5, 0.6) is 0 Å². The van der Waals surface area contributed by atoms with E-state index in [0.29, 0.717) is 0 Å². The van der Waals surface area contributed by atoms with Gasteiger partial charge in [0.15, 0.2) is 0 Å². The first-order valence-corrected chi connectivity index (χ1v) is 12.7. The predicted octanol–water partition coefficient (Wildman–Crippen LogP) is 8.96. The van der Waals surface area contributed by atoms with Crippen LogP contribution in [0.25, 0.3) is 0 Å². The Hall–Kier alpha value is -0.300. The van der Waals surface area contributed by atoms with E-state index in [-0.39, 0.29) is 0 Å². The molecular formula is C26H53N. The van der Waals surface area contributed by atoms with E-state index in [9.17, 15) is 0 Å². The monoisotopic (exact) mass is 379 g/mol. The van der Waals surface area contributed by atoms with Gasteiger partial charge in [0, 0.05) is 0 Å². The first-order chi connectivity index (χ1) is 13.3. The summed E-state index contributed by atoms with van der Waals surface area (Å²) in [6.45, 7) is 5.52. The summed E-state index contributed by atoms with van der Waals surface area (Å²) in [6, 6.07) is 0. The SMILES string of the molecule is CCCCC(CCCC)CCCCCCCC=CCCCCCCCCN. The summed E-state index contributed by atoms with van der Waals surface area (Å²) in [5.74, 6) is 1.02. The van der Waals surface area contributed by atoms with Gasteiger partial charge in [-0.2, -0.15) is 0 Å². The molecule has 0 aliphatic heterocycles. The molecule has 0 atom stereocenters. The minimum Gasteiger partial charge on any atom is -0.330 e. The van der Waals surface area contributed by atoms with E-state index < -0.39 is 0 Å². The Morgan fingerprint density at radius 3 is 1.41 bits per heavy atom. The summed E-state index contributed by atoms with van der Waals surface area (Å²) >= 11 is 0. The third-order valence-electron chi connectivity index (χ3n) is 5.91. The zero-order chi connectivity index (χ0) is 19.8. The number of allylic oxidation sites excluding steroid dienone is 2. The molecule has 0 saturated heterocycles. The third-order valence-corrected chi connectivity index (χ3v) is 5.91. The number of hydrogen-bond acceptors (Lipinski definition) is 1. The fourth-order valence-electron chi connectivity index (χ4n) is 3.99. The van der Waals surface area contributed by atoms with Gasteiger partial charge in [0.05, 0.1) is 0 Å². The second-order valence-corrected chi connectivity index (χ2v) is 8.67. The van der Waals surface area contributed by atoms with Gasteiger partial charge in [-0.25, -0.2) is 0 Å². The van der Waals surface area contributed by atoms with Crippen molar-refractivity contribution in [1.82, 2.24) is 0 Å². The molecule has 27 heavy (non-hydrogen) atoms. The van der Waals surface area contributed by atoms with Crippen LogP contribution in [0.15, 0.2) is 12.2 Å². The van der Waals surface area contributed by atoms with E-state index >= 15 is 0 Å². The van der Waals surface area contributed by atoms with E-state index in [1.165, 1.54) is 128 Å². The maximum absolute atomic E-state index is 5.52. The smallest absolute Gasteiger partial charge is 0.00773 e. The van der Waals surface area contributed by atoms with E-state index in [1.54, 1.807) is 0 Å². The molecule has 0 spiro atoms. The van der Waals surface area contributed by atoms with Gasteiger partial charge in [-0.05, 0) is 44.6 Å². The lowest BCUT2D eigenvalue weighted by atomic mass is 9.90. The highest BCUT2D eigenvalue weighted by atomic mass is 14.5. The van der Waals surface area contributed by atoms with Crippen molar-refractivity contribution in [2.24, 2.45) is 11.7 Å². The number of rotatable bonds is 22. The molecule has 0 radical (unpaired) electrons. The Bertz CT molecular complexity index is 276. The van der Waals surface area contributed by atoms with Gasteiger partial charge in [-0.15, -0.1) is 0 Å². The Labute approximate surface area is 173 Å². The quantitative estimate of drug-likeness (QED) is 0.147. The largest absolute Gasteiger partial charge is 0.330 e. The van der Waals surface area contributed by atoms with Gasteiger partial charge >= 0.3 is 0 Å². The molecule has 0 aliphatic rings. The standard InChI is InChI=1S/C26H53N/c1-3-5-22-26(23-6-4-2)24-20-18-16-14-12-10-8-7-9-11-13-15-17-19-21-25-27/h7-8,26H,3-6,9-25,27H2,1-2H3. The average molecular weight is 380 g/mol. The molecule has 0 aromatic rings. The molecular weight excluding hydrogens is 326 g/mol. The van der Waals surface area contributed by atoms with Crippen LogP contribution < -0.4 is 5.73 Å². The Morgan fingerprint density at radius 2 is 0.926 bits per heavy atom. The first-order valence-electron chi connectivity index (χ1n) is 12.7. The Kier molecular flexibility index (Phi) is 23.5. The molecule has 0 aromatic heterocycles. The van der Waals surface area contributed by atoms with Crippen LogP contribution in [0.3, 0.4) is 0 Å². The van der Waals surface area contributed by atoms with Gasteiger partial charge in [-0.1, -0.05) is 122 Å². The number of nitrogens with two attached hydrogens (primary N) is 1. The molecule has 2 N–H and O–H groups in total. The fraction of sp³-hybridized carbons (Fsp3) is 0.923. The summed E-state index contributed by atoms with van der Waals surface area (Å²) in [6.07, 6.45) is 32.8. The highest BCUT2D eigenvalue weighted by Gasteiger charge is 2.07. The van der Waals surface area contributed by atoms with Crippen molar-refractivity contribution < 1.29 is 0 Å². The van der Waals surface area contributed by atoms with Crippen molar-refractivity contribution in [3.05, 3.63) is 12.2 Å². The molecule has 0 bridgehead atoms. The van der Waals surface area contributed by atoms with Crippen molar-refractivity contribution in [2.75, 3.05) is 6.54 Å². The zero-order valence-corrected chi connectivity index (χ0v) is 19.2. The lowest BCUT2D eigenvalue weighted by molar-refractivity contribution is 0.376. The second-order valence-electron chi connectivity index (χ2n) is 8.67. The van der Waals surface area contributed by atoms with Crippen LogP contribution in [-0.2, 0) is 0 Å². The molecule has 1 heteroatoms. The molecule has 0 heterocycles. The summed E-state index contributed by atoms with van der Waals surface area (Å²) in [4.78, 5) is 0. The topological polar surface area (TPSA) is 26.0 Å². The van der Waals surface area contributed by atoms with Crippen molar-refractivity contribution in [3.63, 3.8) is 0 Å². The Balaban J connectivity index is 3.35. The first kappa shape index (κ1) is 26.7. The van der Waals surface area contributed by atoms with E-state index in [2.05, 4.69) is 26.0 Å². The molecule has 0 aliphatic carbocycles. The molecule has 0 unspecified atom stereocenters. The molecule has 162 valence electrons. The number of hydrogen-bond donors (Lipinski definition) is 1. The molecule has 1 nitrogen and oxygen atoms in total. The van der Waals surface area contributed by atoms with E-state index in [4.69, 9.17) is 5.73 Å². The minimum atomic E-state index is 0.862. The molecule has 0 amide bonds. The van der Waals surface area contributed by atoms with Crippen LogP contribution in [0, 0.1) is 5.92 Å². The van der Waals surface area contributed by atoms with Crippen molar-refractivity contribution >= 4 is 0 Å². The summed E-state index contributed by atoms with van der Waals surface area (Å²) in [7, 11) is 0. The maximum atomic E-state index is 5.52. The summed E-state index contributed by atoms with van der Waals surface area (Å²) in [5, 5.41) is 0. The average Bonchev–Trinajstić information content (AvgIpc) is 2.69. The van der Waals surface area contributed by atoms with Gasteiger partial charge in [-0.3, -0.25) is 0 Å². The highest BCUT2D eigenvalue weighted by Crippen LogP contribution is 2.23. The van der Waals surface area contributed by atoms with Crippen LogP contribution in [0.4, 0.5) is 0 Å². The normalized spacial score (nSPS) is 11.9. The zero-order valence-electron chi connectivity index (χ0n) is 19.2. The van der Waals surface area contributed by atoms with Crippen LogP contribution in [0.2, 0.25) is 0 Å². The molecule has 0 saturated carbocycles. The molecule has 0 fully saturated rings.